The summed E-state index contributed by atoms with van der Waals surface area (Å²) in [6, 6.07) is 16.2. The molecule has 0 bridgehead atoms. The zero-order chi connectivity index (χ0) is 34.6. The van der Waals surface area contributed by atoms with Crippen molar-refractivity contribution < 1.29 is 33.8 Å². The zero-order valence-electron chi connectivity index (χ0n) is 28.2. The fraction of sp³-hybridized carbons (Fsp3) is 0.556. The Morgan fingerprint density at radius 1 is 1.02 bits per heavy atom. The molecular formula is C36H50ClN3O7. The molecule has 0 unspecified atom stereocenters. The van der Waals surface area contributed by atoms with Gasteiger partial charge in [-0.05, 0) is 83.1 Å². The summed E-state index contributed by atoms with van der Waals surface area (Å²) in [7, 11) is 1.46. The van der Waals surface area contributed by atoms with E-state index in [9.17, 15) is 24.3 Å². The molecule has 1 saturated heterocycles. The van der Waals surface area contributed by atoms with Crippen LogP contribution in [0, 0.1) is 11.8 Å². The van der Waals surface area contributed by atoms with Gasteiger partial charge >= 0.3 is 6.09 Å². The number of hydrogen-bond acceptors (Lipinski definition) is 7. The van der Waals surface area contributed by atoms with E-state index >= 15 is 0 Å². The van der Waals surface area contributed by atoms with Gasteiger partial charge in [0.1, 0.15) is 5.60 Å². The van der Waals surface area contributed by atoms with Gasteiger partial charge in [-0.2, -0.15) is 0 Å². The Labute approximate surface area is 283 Å². The highest BCUT2D eigenvalue weighted by molar-refractivity contribution is 6.30. The number of piperidine rings is 1. The summed E-state index contributed by atoms with van der Waals surface area (Å²) in [6.07, 6.45) is 1.65. The van der Waals surface area contributed by atoms with Crippen molar-refractivity contribution >= 4 is 35.3 Å². The number of amides is 3. The number of nitrogens with zero attached hydrogens (tertiary/aromatic N) is 1. The summed E-state index contributed by atoms with van der Waals surface area (Å²) in [5, 5.41) is 16.2. The molecule has 10 nitrogen and oxygen atoms in total. The van der Waals surface area contributed by atoms with E-state index in [-0.39, 0.29) is 43.8 Å². The summed E-state index contributed by atoms with van der Waals surface area (Å²) < 4.78 is 10.6. The molecule has 47 heavy (non-hydrogen) atoms. The van der Waals surface area contributed by atoms with Gasteiger partial charge in [-0.3, -0.25) is 14.4 Å². The molecule has 11 heteroatoms. The van der Waals surface area contributed by atoms with E-state index in [1.165, 1.54) is 7.11 Å². The number of rotatable bonds is 15. The van der Waals surface area contributed by atoms with Crippen LogP contribution in [0.4, 0.5) is 4.79 Å². The smallest absolute Gasteiger partial charge is 0.408 e. The molecule has 0 aliphatic carbocycles. The van der Waals surface area contributed by atoms with Crippen LogP contribution >= 0.6 is 11.6 Å². The number of aliphatic hydroxyl groups excluding tert-OH is 1. The van der Waals surface area contributed by atoms with Gasteiger partial charge in [0, 0.05) is 44.2 Å². The first-order valence-corrected chi connectivity index (χ1v) is 16.6. The minimum absolute atomic E-state index is 0.00789. The number of carbonyl (C=O) groups excluding carboxylic acids is 4. The van der Waals surface area contributed by atoms with E-state index in [0.717, 1.165) is 11.1 Å². The molecule has 0 aromatic heterocycles. The highest BCUT2D eigenvalue weighted by atomic mass is 35.5. The molecule has 1 aliphatic heterocycles. The van der Waals surface area contributed by atoms with Crippen LogP contribution in [0.15, 0.2) is 54.6 Å². The molecule has 1 heterocycles. The minimum Gasteiger partial charge on any atom is -0.444 e. The van der Waals surface area contributed by atoms with Crippen molar-refractivity contribution in [3.05, 3.63) is 70.7 Å². The lowest BCUT2D eigenvalue weighted by atomic mass is 9.81. The number of carbonyl (C=O) groups is 4. The normalized spacial score (nSPS) is 18.5. The summed E-state index contributed by atoms with van der Waals surface area (Å²) in [6.45, 7) is 7.42. The van der Waals surface area contributed by atoms with E-state index in [1.54, 1.807) is 44.7 Å². The fourth-order valence-electron chi connectivity index (χ4n) is 6.01. The first-order valence-electron chi connectivity index (χ1n) is 16.3. The van der Waals surface area contributed by atoms with Gasteiger partial charge < -0.3 is 30.1 Å². The van der Waals surface area contributed by atoms with Gasteiger partial charge in [0.2, 0.25) is 11.8 Å². The van der Waals surface area contributed by atoms with Crippen LogP contribution in [0.2, 0.25) is 5.02 Å². The second kappa shape index (κ2) is 17.6. The molecule has 2 aromatic rings. The van der Waals surface area contributed by atoms with Crippen LogP contribution in [0.1, 0.15) is 64.5 Å². The van der Waals surface area contributed by atoms with Crippen LogP contribution in [0.3, 0.4) is 0 Å². The largest absolute Gasteiger partial charge is 0.444 e. The summed E-state index contributed by atoms with van der Waals surface area (Å²) in [5.41, 5.74) is 0.401. The lowest BCUT2D eigenvalue weighted by Crippen LogP contribution is -2.62. The fourth-order valence-corrected chi connectivity index (χ4v) is 6.13. The highest BCUT2D eigenvalue weighted by Crippen LogP contribution is 2.29. The van der Waals surface area contributed by atoms with Gasteiger partial charge in [0.25, 0.3) is 0 Å². The monoisotopic (exact) mass is 671 g/mol. The van der Waals surface area contributed by atoms with Gasteiger partial charge in [0.15, 0.2) is 5.78 Å². The maximum Gasteiger partial charge on any atom is 0.408 e. The Morgan fingerprint density at radius 3 is 2.32 bits per heavy atom. The van der Waals surface area contributed by atoms with E-state index in [0.29, 0.717) is 43.7 Å². The first-order chi connectivity index (χ1) is 22.2. The number of benzene rings is 2. The number of ether oxygens (including phenoxy) is 2. The lowest BCUT2D eigenvalue weighted by molar-refractivity contribution is -0.141. The summed E-state index contributed by atoms with van der Waals surface area (Å²) in [4.78, 5) is 55.1. The van der Waals surface area contributed by atoms with E-state index in [1.807, 2.05) is 42.5 Å². The standard InChI is InChI=1S/C36H50ClN3O7/c1-25(38-34(45)47-35(2,3)4)31(42)21-29(23-46-5)32(43)39-36(22-27-12-14-30(37)15-13-27)17-9-18-40(24-36)33(44)28(16-19-41)20-26-10-7-6-8-11-26/h6-8,10-15,25,28-29,41H,9,16-24H2,1-5H3,(H,38,45)(H,39,43)/t25-,28-,29-,36+/m0/s1. The molecule has 0 radical (unpaired) electrons. The van der Waals surface area contributed by atoms with Crippen molar-refractivity contribution in [3.8, 4) is 0 Å². The molecule has 2 aromatic carbocycles. The number of likely N-dealkylation sites (tertiary alicyclic amines) is 1. The van der Waals surface area contributed by atoms with Crippen molar-refractivity contribution in [1.82, 2.24) is 15.5 Å². The minimum atomic E-state index is -0.879. The number of aliphatic hydroxyl groups is 1. The third-order valence-electron chi connectivity index (χ3n) is 8.29. The molecule has 4 atom stereocenters. The average molecular weight is 672 g/mol. The molecule has 3 rings (SSSR count). The second-order valence-electron chi connectivity index (χ2n) is 13.5. The summed E-state index contributed by atoms with van der Waals surface area (Å²) >= 11 is 6.16. The van der Waals surface area contributed by atoms with Crippen LogP contribution < -0.4 is 10.6 Å². The van der Waals surface area contributed by atoms with Crippen molar-refractivity contribution in [2.24, 2.45) is 11.8 Å². The Morgan fingerprint density at radius 2 is 1.70 bits per heavy atom. The number of ketones is 1. The Hall–Kier alpha value is -3.47. The summed E-state index contributed by atoms with van der Waals surface area (Å²) in [5.74, 6) is -2.02. The van der Waals surface area contributed by atoms with Crippen molar-refractivity contribution in [2.75, 3.05) is 33.4 Å². The number of alkyl carbamates (subject to hydrolysis) is 1. The molecule has 258 valence electrons. The Balaban J connectivity index is 1.82. The molecular weight excluding hydrogens is 622 g/mol. The van der Waals surface area contributed by atoms with E-state index in [4.69, 9.17) is 21.1 Å². The zero-order valence-corrected chi connectivity index (χ0v) is 29.0. The first kappa shape index (κ1) is 38.0. The Bertz CT molecular complexity index is 1330. The third kappa shape index (κ3) is 12.2. The Kier molecular flexibility index (Phi) is 14.2. The van der Waals surface area contributed by atoms with Crippen molar-refractivity contribution in [3.63, 3.8) is 0 Å². The number of nitrogens with one attached hydrogen (secondary N) is 2. The van der Waals surface area contributed by atoms with Crippen LogP contribution in [0.25, 0.3) is 0 Å². The maximum atomic E-state index is 14.0. The molecule has 0 spiro atoms. The van der Waals surface area contributed by atoms with Crippen LogP contribution in [-0.4, -0.2) is 84.3 Å². The lowest BCUT2D eigenvalue weighted by Gasteiger charge is -2.45. The third-order valence-corrected chi connectivity index (χ3v) is 8.54. The van der Waals surface area contributed by atoms with Crippen LogP contribution in [-0.2, 0) is 36.7 Å². The quantitative estimate of drug-likeness (QED) is 0.249. The van der Waals surface area contributed by atoms with Gasteiger partial charge in [-0.25, -0.2) is 4.79 Å². The van der Waals surface area contributed by atoms with E-state index in [2.05, 4.69) is 10.6 Å². The highest BCUT2D eigenvalue weighted by Gasteiger charge is 2.41. The topological polar surface area (TPSA) is 134 Å². The van der Waals surface area contributed by atoms with Crippen LogP contribution in [0.5, 0.6) is 0 Å². The van der Waals surface area contributed by atoms with Crippen molar-refractivity contribution in [2.45, 2.75) is 83.4 Å². The van der Waals surface area contributed by atoms with Gasteiger partial charge in [-0.1, -0.05) is 54.1 Å². The molecule has 0 saturated carbocycles. The van der Waals surface area contributed by atoms with E-state index < -0.39 is 35.1 Å². The maximum absolute atomic E-state index is 14.0. The molecule has 3 N–H and O–H groups in total. The molecule has 1 aliphatic rings. The number of Topliss-reactive ketones (excluding diaryl/α,β-unsaturated/α-hetero) is 1. The predicted octanol–water partition coefficient (Wildman–Crippen LogP) is 4.74. The van der Waals surface area contributed by atoms with Gasteiger partial charge in [0.05, 0.1) is 24.1 Å². The molecule has 3 amide bonds. The molecule has 1 fully saturated rings. The van der Waals surface area contributed by atoms with Gasteiger partial charge in [-0.15, -0.1) is 0 Å². The number of halogens is 1. The number of methoxy groups -OCH3 is 1. The number of hydrogen-bond donors (Lipinski definition) is 3. The average Bonchev–Trinajstić information content (AvgIpc) is 3.01. The SMILES string of the molecule is COC[C@H](CC(=O)[C@H](C)NC(=O)OC(C)(C)C)C(=O)N[C@@]1(Cc2ccc(Cl)cc2)CCCN(C(=O)[C@@H](CCO)Cc2ccccc2)C1. The van der Waals surface area contributed by atoms with Crippen molar-refractivity contribution in [1.29, 1.82) is 0 Å². The second-order valence-corrected chi connectivity index (χ2v) is 14.0. The predicted molar refractivity (Wildman–Crippen MR) is 181 cm³/mol.